The largest absolute Gasteiger partial charge is 0.322 e. The molecule has 0 saturated heterocycles. The molecule has 0 saturated carbocycles. The summed E-state index contributed by atoms with van der Waals surface area (Å²) in [7, 11) is 0. The summed E-state index contributed by atoms with van der Waals surface area (Å²) in [5.74, 6) is 0. The number of halogens is 1. The lowest BCUT2D eigenvalue weighted by Crippen LogP contribution is -2.35. The van der Waals surface area contributed by atoms with E-state index in [-0.39, 0.29) is 6.03 Å². The maximum atomic E-state index is 12.6. The zero-order valence-electron chi connectivity index (χ0n) is 13.5. The molecule has 2 rings (SSSR count). The van der Waals surface area contributed by atoms with Gasteiger partial charge in [0.15, 0.2) is 0 Å². The van der Waals surface area contributed by atoms with E-state index in [1.165, 1.54) is 0 Å². The van der Waals surface area contributed by atoms with Gasteiger partial charge in [-0.15, -0.1) is 0 Å². The zero-order valence-corrected chi connectivity index (χ0v) is 14.2. The number of rotatable bonds is 7. The molecule has 0 unspecified atom stereocenters. The number of unbranched alkanes of at least 4 members (excludes halogenated alkanes) is 2. The molecule has 2 amide bonds. The fraction of sp³-hybridized carbons (Fsp3) is 0.316. The molecule has 0 heterocycles. The third-order valence-electron chi connectivity index (χ3n) is 3.63. The Balaban J connectivity index is 2.02. The van der Waals surface area contributed by atoms with Crippen molar-refractivity contribution in [2.75, 3.05) is 11.9 Å². The quantitative estimate of drug-likeness (QED) is 0.662. The summed E-state index contributed by atoms with van der Waals surface area (Å²) in [5, 5.41) is 3.60. The maximum Gasteiger partial charge on any atom is 0.322 e. The van der Waals surface area contributed by atoms with Crippen LogP contribution in [0.1, 0.15) is 31.7 Å². The highest BCUT2D eigenvalue weighted by Crippen LogP contribution is 2.15. The summed E-state index contributed by atoms with van der Waals surface area (Å²) < 4.78 is 0. The van der Waals surface area contributed by atoms with E-state index in [0.717, 1.165) is 37.1 Å². The van der Waals surface area contributed by atoms with Crippen molar-refractivity contribution in [3.63, 3.8) is 0 Å². The summed E-state index contributed by atoms with van der Waals surface area (Å²) in [5.41, 5.74) is 1.89. The molecule has 23 heavy (non-hydrogen) atoms. The lowest BCUT2D eigenvalue weighted by atomic mass is 10.2. The molecule has 0 aromatic heterocycles. The van der Waals surface area contributed by atoms with Crippen molar-refractivity contribution < 1.29 is 4.79 Å². The van der Waals surface area contributed by atoms with Gasteiger partial charge >= 0.3 is 6.03 Å². The van der Waals surface area contributed by atoms with Gasteiger partial charge in [-0.3, -0.25) is 0 Å². The summed E-state index contributed by atoms with van der Waals surface area (Å²) >= 11 is 5.88. The second kappa shape index (κ2) is 9.21. The highest BCUT2D eigenvalue weighted by Gasteiger charge is 2.13. The SMILES string of the molecule is CCCCCN(Cc1ccccc1)C(=O)Nc1ccc(Cl)cc1. The first-order valence-corrected chi connectivity index (χ1v) is 8.42. The van der Waals surface area contributed by atoms with Crippen LogP contribution in [-0.4, -0.2) is 17.5 Å². The summed E-state index contributed by atoms with van der Waals surface area (Å²) in [6.45, 7) is 3.53. The number of amides is 2. The third-order valence-corrected chi connectivity index (χ3v) is 3.88. The Bertz CT molecular complexity index is 599. The molecule has 0 bridgehead atoms. The number of urea groups is 1. The van der Waals surface area contributed by atoms with E-state index in [1.807, 2.05) is 47.4 Å². The zero-order chi connectivity index (χ0) is 16.5. The minimum Gasteiger partial charge on any atom is -0.320 e. The van der Waals surface area contributed by atoms with E-state index in [1.54, 1.807) is 12.1 Å². The molecule has 1 N–H and O–H groups in total. The predicted octanol–water partition coefficient (Wildman–Crippen LogP) is 5.56. The Morgan fingerprint density at radius 2 is 1.74 bits per heavy atom. The van der Waals surface area contributed by atoms with Crippen molar-refractivity contribution in [1.29, 1.82) is 0 Å². The number of hydrogen-bond donors (Lipinski definition) is 1. The van der Waals surface area contributed by atoms with E-state index < -0.39 is 0 Å². The van der Waals surface area contributed by atoms with Crippen molar-refractivity contribution in [2.24, 2.45) is 0 Å². The van der Waals surface area contributed by atoms with Gasteiger partial charge in [0, 0.05) is 23.8 Å². The molecule has 0 atom stereocenters. The Morgan fingerprint density at radius 3 is 2.39 bits per heavy atom. The Hall–Kier alpha value is -2.00. The predicted molar refractivity (Wildman–Crippen MR) is 96.8 cm³/mol. The smallest absolute Gasteiger partial charge is 0.320 e. The van der Waals surface area contributed by atoms with Crippen LogP contribution in [0.25, 0.3) is 0 Å². The average molecular weight is 331 g/mol. The van der Waals surface area contributed by atoms with Crippen molar-refractivity contribution in [1.82, 2.24) is 4.90 Å². The molecule has 4 heteroatoms. The summed E-state index contributed by atoms with van der Waals surface area (Å²) in [6, 6.07) is 17.2. The molecule has 122 valence electrons. The second-order valence-corrected chi connectivity index (χ2v) is 5.99. The van der Waals surface area contributed by atoms with Gasteiger partial charge in [-0.25, -0.2) is 4.79 Å². The second-order valence-electron chi connectivity index (χ2n) is 5.55. The van der Waals surface area contributed by atoms with Crippen LogP contribution < -0.4 is 5.32 Å². The number of anilines is 1. The molecular weight excluding hydrogens is 308 g/mol. The van der Waals surface area contributed by atoms with Gasteiger partial charge in [-0.05, 0) is 36.2 Å². The van der Waals surface area contributed by atoms with Crippen LogP contribution in [0.3, 0.4) is 0 Å². The molecule has 2 aromatic rings. The lowest BCUT2D eigenvalue weighted by molar-refractivity contribution is 0.208. The third kappa shape index (κ3) is 5.95. The normalized spacial score (nSPS) is 10.3. The summed E-state index contributed by atoms with van der Waals surface area (Å²) in [4.78, 5) is 14.4. The highest BCUT2D eigenvalue weighted by atomic mass is 35.5. The molecule has 0 fully saturated rings. The molecule has 0 radical (unpaired) electrons. The van der Waals surface area contributed by atoms with Crippen molar-refractivity contribution >= 4 is 23.3 Å². The topological polar surface area (TPSA) is 32.3 Å². The fourth-order valence-electron chi connectivity index (χ4n) is 2.34. The van der Waals surface area contributed by atoms with Gasteiger partial charge in [0.25, 0.3) is 0 Å². The van der Waals surface area contributed by atoms with Gasteiger partial charge in [0.05, 0.1) is 0 Å². The van der Waals surface area contributed by atoms with Crippen LogP contribution in [0.4, 0.5) is 10.5 Å². The first-order chi connectivity index (χ1) is 11.2. The van der Waals surface area contributed by atoms with Crippen LogP contribution in [0, 0.1) is 0 Å². The van der Waals surface area contributed by atoms with Crippen LogP contribution >= 0.6 is 11.6 Å². The number of nitrogens with one attached hydrogen (secondary N) is 1. The summed E-state index contributed by atoms with van der Waals surface area (Å²) in [6.07, 6.45) is 3.27. The highest BCUT2D eigenvalue weighted by molar-refractivity contribution is 6.30. The molecule has 3 nitrogen and oxygen atoms in total. The molecule has 0 spiro atoms. The first kappa shape index (κ1) is 17.4. The Kier molecular flexibility index (Phi) is 6.95. The van der Waals surface area contributed by atoms with Gasteiger partial charge < -0.3 is 10.2 Å². The van der Waals surface area contributed by atoms with Gasteiger partial charge in [-0.2, -0.15) is 0 Å². The standard InChI is InChI=1S/C19H23ClN2O/c1-2-3-7-14-22(15-16-8-5-4-6-9-16)19(23)21-18-12-10-17(20)11-13-18/h4-6,8-13H,2-3,7,14-15H2,1H3,(H,21,23). The molecule has 0 aliphatic carbocycles. The number of hydrogen-bond acceptors (Lipinski definition) is 1. The van der Waals surface area contributed by atoms with E-state index in [4.69, 9.17) is 11.6 Å². The fourth-order valence-corrected chi connectivity index (χ4v) is 2.47. The van der Waals surface area contributed by atoms with Crippen molar-refractivity contribution in [3.05, 3.63) is 65.2 Å². The number of nitrogens with zero attached hydrogens (tertiary/aromatic N) is 1. The van der Waals surface area contributed by atoms with E-state index in [2.05, 4.69) is 12.2 Å². The van der Waals surface area contributed by atoms with Crippen LogP contribution in [0.5, 0.6) is 0 Å². The van der Waals surface area contributed by atoms with Crippen LogP contribution in [0.2, 0.25) is 5.02 Å². The lowest BCUT2D eigenvalue weighted by Gasteiger charge is -2.23. The Labute approximate surface area is 143 Å². The van der Waals surface area contributed by atoms with E-state index in [9.17, 15) is 4.79 Å². The molecule has 2 aromatic carbocycles. The van der Waals surface area contributed by atoms with Gasteiger partial charge in [-0.1, -0.05) is 61.7 Å². The number of carbonyl (C=O) groups excluding carboxylic acids is 1. The molecule has 0 aliphatic heterocycles. The number of carbonyl (C=O) groups is 1. The Morgan fingerprint density at radius 1 is 1.04 bits per heavy atom. The minimum atomic E-state index is -0.0766. The van der Waals surface area contributed by atoms with Gasteiger partial charge in [0.2, 0.25) is 0 Å². The average Bonchev–Trinajstić information content (AvgIpc) is 2.57. The maximum absolute atomic E-state index is 12.6. The van der Waals surface area contributed by atoms with Crippen molar-refractivity contribution in [3.8, 4) is 0 Å². The van der Waals surface area contributed by atoms with Crippen molar-refractivity contribution in [2.45, 2.75) is 32.7 Å². The minimum absolute atomic E-state index is 0.0766. The van der Waals surface area contributed by atoms with Gasteiger partial charge in [0.1, 0.15) is 0 Å². The first-order valence-electron chi connectivity index (χ1n) is 8.04. The van der Waals surface area contributed by atoms with E-state index >= 15 is 0 Å². The number of benzene rings is 2. The molecular formula is C19H23ClN2O. The monoisotopic (exact) mass is 330 g/mol. The van der Waals surface area contributed by atoms with Crippen LogP contribution in [0.15, 0.2) is 54.6 Å². The van der Waals surface area contributed by atoms with E-state index in [0.29, 0.717) is 11.6 Å². The van der Waals surface area contributed by atoms with Crippen LogP contribution in [-0.2, 0) is 6.54 Å². The molecule has 0 aliphatic rings.